The quantitative estimate of drug-likeness (QED) is 0.751. The predicted molar refractivity (Wildman–Crippen MR) is 113 cm³/mol. The number of hydrogen-bond donors (Lipinski definition) is 1. The first kappa shape index (κ1) is 22.0. The van der Waals surface area contributed by atoms with E-state index < -0.39 is 17.5 Å². The van der Waals surface area contributed by atoms with Gasteiger partial charge in [-0.1, -0.05) is 0 Å². The number of nitrogens with two attached hydrogens (primary N) is 1. The molecule has 2 aliphatic rings. The van der Waals surface area contributed by atoms with Crippen molar-refractivity contribution >= 4 is 5.82 Å². The summed E-state index contributed by atoms with van der Waals surface area (Å²) in [4.78, 5) is 8.44. The van der Waals surface area contributed by atoms with Gasteiger partial charge in [-0.15, -0.1) is 0 Å². The smallest absolute Gasteiger partial charge is 0.133 e. The Balaban J connectivity index is 1.19. The molecule has 2 aliphatic heterocycles. The fourth-order valence-electron chi connectivity index (χ4n) is 4.48. The Labute approximate surface area is 181 Å². The lowest BCUT2D eigenvalue weighted by Gasteiger charge is -2.37. The number of benzene rings is 1. The minimum atomic E-state index is -0.887. The van der Waals surface area contributed by atoms with Crippen LogP contribution in [-0.4, -0.2) is 53.2 Å². The first-order valence-electron chi connectivity index (χ1n) is 10.9. The van der Waals surface area contributed by atoms with E-state index in [4.69, 9.17) is 10.5 Å². The molecule has 1 aromatic carbocycles. The highest BCUT2D eigenvalue weighted by atomic mass is 19.1. The van der Waals surface area contributed by atoms with Gasteiger partial charge in [-0.05, 0) is 43.4 Å². The second-order valence-corrected chi connectivity index (χ2v) is 8.52. The number of hydrogen-bond acceptors (Lipinski definition) is 5. The number of nitrogen functional groups attached to an aromatic ring is 1. The van der Waals surface area contributed by atoms with Crippen LogP contribution in [-0.2, 0) is 17.8 Å². The molecule has 1 aromatic heterocycles. The van der Waals surface area contributed by atoms with Crippen LogP contribution in [0.5, 0.6) is 0 Å². The van der Waals surface area contributed by atoms with Crippen LogP contribution in [0.25, 0.3) is 0 Å². The Kier molecular flexibility index (Phi) is 7.09. The number of piperidine rings is 2. The molecule has 8 heteroatoms. The van der Waals surface area contributed by atoms with Crippen molar-refractivity contribution in [2.45, 2.75) is 51.0 Å². The molecule has 2 saturated heterocycles. The molecule has 4 rings (SSSR count). The van der Waals surface area contributed by atoms with Gasteiger partial charge < -0.3 is 10.5 Å². The van der Waals surface area contributed by atoms with Crippen molar-refractivity contribution in [2.24, 2.45) is 0 Å². The van der Waals surface area contributed by atoms with E-state index in [1.54, 1.807) is 6.20 Å². The number of anilines is 1. The van der Waals surface area contributed by atoms with E-state index in [1.165, 1.54) is 5.56 Å². The average molecular weight is 435 g/mol. The molecular formula is C23H29F3N4O. The third-order valence-electron chi connectivity index (χ3n) is 6.19. The second kappa shape index (κ2) is 9.97. The van der Waals surface area contributed by atoms with E-state index in [9.17, 15) is 13.2 Å². The molecule has 5 nitrogen and oxygen atoms in total. The van der Waals surface area contributed by atoms with E-state index in [0.717, 1.165) is 57.5 Å². The summed E-state index contributed by atoms with van der Waals surface area (Å²) < 4.78 is 47.2. The summed E-state index contributed by atoms with van der Waals surface area (Å²) >= 11 is 0. The SMILES string of the molecule is Nc1cc(CN2CCC(OC3CCN(Cc4c(F)cc(F)cc4F)CC3)CC2)ccn1. The second-order valence-electron chi connectivity index (χ2n) is 8.52. The van der Waals surface area contributed by atoms with Crippen LogP contribution in [0.4, 0.5) is 19.0 Å². The number of halogens is 3. The van der Waals surface area contributed by atoms with Crippen LogP contribution < -0.4 is 5.73 Å². The van der Waals surface area contributed by atoms with Crippen molar-refractivity contribution < 1.29 is 17.9 Å². The van der Waals surface area contributed by atoms with Crippen molar-refractivity contribution in [3.05, 3.63) is 59.0 Å². The highest BCUT2D eigenvalue weighted by molar-refractivity contribution is 5.31. The molecule has 0 aliphatic carbocycles. The number of likely N-dealkylation sites (tertiary alicyclic amines) is 2. The zero-order valence-corrected chi connectivity index (χ0v) is 17.6. The molecule has 2 N–H and O–H groups in total. The van der Waals surface area contributed by atoms with Crippen molar-refractivity contribution in [3.8, 4) is 0 Å². The molecule has 2 fully saturated rings. The molecule has 2 aromatic rings. The number of nitrogens with zero attached hydrogens (tertiary/aromatic N) is 3. The van der Waals surface area contributed by atoms with Crippen LogP contribution in [0.2, 0.25) is 0 Å². The zero-order chi connectivity index (χ0) is 21.8. The van der Waals surface area contributed by atoms with E-state index >= 15 is 0 Å². The number of aromatic nitrogens is 1. The van der Waals surface area contributed by atoms with Crippen molar-refractivity contribution in [3.63, 3.8) is 0 Å². The van der Waals surface area contributed by atoms with Crippen LogP contribution in [0, 0.1) is 17.5 Å². The number of rotatable bonds is 6. The molecule has 0 spiro atoms. The summed E-state index contributed by atoms with van der Waals surface area (Å²) in [6.45, 7) is 4.41. The topological polar surface area (TPSA) is 54.6 Å². The van der Waals surface area contributed by atoms with Gasteiger partial charge in [0.2, 0.25) is 0 Å². The molecule has 0 radical (unpaired) electrons. The Morgan fingerprint density at radius 2 is 1.42 bits per heavy atom. The van der Waals surface area contributed by atoms with E-state index in [-0.39, 0.29) is 24.3 Å². The Morgan fingerprint density at radius 3 is 1.97 bits per heavy atom. The number of pyridine rings is 1. The maximum Gasteiger partial charge on any atom is 0.133 e. The molecule has 0 amide bonds. The molecule has 0 atom stereocenters. The molecule has 168 valence electrons. The molecule has 31 heavy (non-hydrogen) atoms. The monoisotopic (exact) mass is 434 g/mol. The third-order valence-corrected chi connectivity index (χ3v) is 6.19. The lowest BCUT2D eigenvalue weighted by atomic mass is 10.0. The Morgan fingerprint density at radius 1 is 0.871 bits per heavy atom. The van der Waals surface area contributed by atoms with Gasteiger partial charge >= 0.3 is 0 Å². The fourth-order valence-corrected chi connectivity index (χ4v) is 4.48. The summed E-state index contributed by atoms with van der Waals surface area (Å²) in [7, 11) is 0. The average Bonchev–Trinajstić information content (AvgIpc) is 2.73. The maximum atomic E-state index is 13.9. The molecular weight excluding hydrogens is 405 g/mol. The maximum absolute atomic E-state index is 13.9. The minimum Gasteiger partial charge on any atom is -0.384 e. The van der Waals surface area contributed by atoms with E-state index in [2.05, 4.69) is 9.88 Å². The molecule has 3 heterocycles. The van der Waals surface area contributed by atoms with Crippen molar-refractivity contribution in [1.29, 1.82) is 0 Å². The first-order chi connectivity index (χ1) is 15.0. The van der Waals surface area contributed by atoms with Crippen LogP contribution >= 0.6 is 0 Å². The Bertz CT molecular complexity index is 858. The lowest BCUT2D eigenvalue weighted by Crippen LogP contribution is -2.41. The molecule has 0 unspecified atom stereocenters. The first-order valence-corrected chi connectivity index (χ1v) is 10.9. The van der Waals surface area contributed by atoms with Gasteiger partial charge in [0.05, 0.1) is 12.2 Å². The normalized spacial score (nSPS) is 19.7. The fraction of sp³-hybridized carbons (Fsp3) is 0.522. The summed E-state index contributed by atoms with van der Waals surface area (Å²) in [5, 5.41) is 0. The van der Waals surface area contributed by atoms with Gasteiger partial charge in [-0.3, -0.25) is 9.80 Å². The third kappa shape index (κ3) is 5.96. The zero-order valence-electron chi connectivity index (χ0n) is 17.6. The van der Waals surface area contributed by atoms with E-state index in [0.29, 0.717) is 18.9 Å². The van der Waals surface area contributed by atoms with Crippen LogP contribution in [0.15, 0.2) is 30.5 Å². The number of ether oxygens (including phenoxy) is 1. The van der Waals surface area contributed by atoms with Gasteiger partial charge in [0.25, 0.3) is 0 Å². The minimum absolute atomic E-state index is 0.0657. The van der Waals surface area contributed by atoms with E-state index in [1.807, 2.05) is 17.0 Å². The van der Waals surface area contributed by atoms with Gasteiger partial charge in [0, 0.05) is 63.2 Å². The predicted octanol–water partition coefficient (Wildman–Crippen LogP) is 3.73. The lowest BCUT2D eigenvalue weighted by molar-refractivity contribution is -0.0665. The van der Waals surface area contributed by atoms with Gasteiger partial charge in [0.15, 0.2) is 0 Å². The largest absolute Gasteiger partial charge is 0.384 e. The highest BCUT2D eigenvalue weighted by Gasteiger charge is 2.27. The van der Waals surface area contributed by atoms with Crippen molar-refractivity contribution in [2.75, 3.05) is 31.9 Å². The standard InChI is InChI=1S/C23H29F3N4O/c24-17-12-21(25)20(22(26)13-17)15-30-9-4-19(5-10-30)31-18-2-7-29(8-3-18)14-16-1-6-28-23(27)11-16/h1,6,11-13,18-19H,2-5,7-10,14-15H2,(H2,27,28). The molecule has 0 bridgehead atoms. The summed E-state index contributed by atoms with van der Waals surface area (Å²) in [6, 6.07) is 5.39. The van der Waals surface area contributed by atoms with Gasteiger partial charge in [-0.2, -0.15) is 0 Å². The van der Waals surface area contributed by atoms with Gasteiger partial charge in [0.1, 0.15) is 23.3 Å². The Hall–Kier alpha value is -2.16. The van der Waals surface area contributed by atoms with Crippen molar-refractivity contribution in [1.82, 2.24) is 14.8 Å². The summed E-state index contributed by atoms with van der Waals surface area (Å²) in [5.74, 6) is -1.98. The van der Waals surface area contributed by atoms with Gasteiger partial charge in [-0.25, -0.2) is 18.2 Å². The van der Waals surface area contributed by atoms with Crippen LogP contribution in [0.3, 0.4) is 0 Å². The summed E-state index contributed by atoms with van der Waals surface area (Å²) in [5.41, 5.74) is 6.87. The molecule has 0 saturated carbocycles. The highest BCUT2D eigenvalue weighted by Crippen LogP contribution is 2.24. The summed E-state index contributed by atoms with van der Waals surface area (Å²) in [6.07, 6.45) is 5.82. The van der Waals surface area contributed by atoms with Crippen LogP contribution in [0.1, 0.15) is 36.8 Å².